The molecule has 0 aromatic rings. The van der Waals surface area contributed by atoms with Crippen LogP contribution in [0.5, 0.6) is 0 Å². The van der Waals surface area contributed by atoms with Crippen LogP contribution in [0.15, 0.2) is 0 Å². The molecule has 0 radical (unpaired) electrons. The van der Waals surface area contributed by atoms with Gasteiger partial charge >= 0.3 is 5.97 Å². The van der Waals surface area contributed by atoms with Gasteiger partial charge in [-0.15, -0.1) is 0 Å². The molecule has 0 aromatic carbocycles. The molecular formula is C12H20N2O4. The fourth-order valence-electron chi connectivity index (χ4n) is 2.39. The second-order valence-corrected chi connectivity index (χ2v) is 4.69. The molecule has 0 unspecified atom stereocenters. The third kappa shape index (κ3) is 3.43. The molecule has 1 amide bonds. The fourth-order valence-corrected chi connectivity index (χ4v) is 2.39. The molecule has 3 atom stereocenters. The van der Waals surface area contributed by atoms with Gasteiger partial charge in [-0.2, -0.15) is 0 Å². The molecule has 0 saturated carbocycles. The van der Waals surface area contributed by atoms with Crippen LogP contribution in [0.2, 0.25) is 0 Å². The Labute approximate surface area is 106 Å². The van der Waals surface area contributed by atoms with Crippen LogP contribution in [-0.4, -0.2) is 43.4 Å². The highest BCUT2D eigenvalue weighted by Crippen LogP contribution is 2.17. The van der Waals surface area contributed by atoms with E-state index >= 15 is 0 Å². The molecule has 6 heteroatoms. The van der Waals surface area contributed by atoms with Crippen LogP contribution in [0.1, 0.15) is 32.6 Å². The SMILES string of the molecule is CCO[C@@H]1OC(=O)C[C@@H]1NC(=O)C[C@@H]1CCCN1. The third-order valence-corrected chi connectivity index (χ3v) is 3.23. The topological polar surface area (TPSA) is 76.7 Å². The summed E-state index contributed by atoms with van der Waals surface area (Å²) in [5.41, 5.74) is 0. The predicted molar refractivity (Wildman–Crippen MR) is 63.7 cm³/mol. The van der Waals surface area contributed by atoms with Gasteiger partial charge in [-0.25, -0.2) is 0 Å². The Morgan fingerprint density at radius 2 is 2.44 bits per heavy atom. The van der Waals surface area contributed by atoms with Crippen LogP contribution < -0.4 is 10.6 Å². The molecule has 0 bridgehead atoms. The first-order valence-electron chi connectivity index (χ1n) is 6.53. The normalized spacial score (nSPS) is 31.4. The Morgan fingerprint density at radius 3 is 3.11 bits per heavy atom. The van der Waals surface area contributed by atoms with Crippen molar-refractivity contribution in [2.45, 2.75) is 51.0 Å². The van der Waals surface area contributed by atoms with Crippen LogP contribution in [0.3, 0.4) is 0 Å². The van der Waals surface area contributed by atoms with Crippen molar-refractivity contribution in [2.75, 3.05) is 13.2 Å². The summed E-state index contributed by atoms with van der Waals surface area (Å²) >= 11 is 0. The van der Waals surface area contributed by atoms with Crippen LogP contribution >= 0.6 is 0 Å². The number of carbonyl (C=O) groups is 2. The Kier molecular flexibility index (Phi) is 4.54. The van der Waals surface area contributed by atoms with E-state index in [1.54, 1.807) is 0 Å². The third-order valence-electron chi connectivity index (χ3n) is 3.23. The van der Waals surface area contributed by atoms with Crippen LogP contribution in [0.4, 0.5) is 0 Å². The average Bonchev–Trinajstić information content (AvgIpc) is 2.90. The van der Waals surface area contributed by atoms with Gasteiger partial charge in [-0.1, -0.05) is 0 Å². The fraction of sp³-hybridized carbons (Fsp3) is 0.833. The monoisotopic (exact) mass is 256 g/mol. The number of hydrogen-bond donors (Lipinski definition) is 2. The van der Waals surface area contributed by atoms with Crippen LogP contribution in [-0.2, 0) is 19.1 Å². The zero-order valence-electron chi connectivity index (χ0n) is 10.6. The summed E-state index contributed by atoms with van der Waals surface area (Å²) in [7, 11) is 0. The molecule has 102 valence electrons. The summed E-state index contributed by atoms with van der Waals surface area (Å²) in [6, 6.07) is -0.0973. The first-order chi connectivity index (χ1) is 8.69. The molecule has 0 spiro atoms. The summed E-state index contributed by atoms with van der Waals surface area (Å²) in [6.07, 6.45) is 2.15. The van der Waals surface area contributed by atoms with Crippen molar-refractivity contribution < 1.29 is 19.1 Å². The van der Waals surface area contributed by atoms with Gasteiger partial charge in [0.05, 0.1) is 6.42 Å². The lowest BCUT2D eigenvalue weighted by Crippen LogP contribution is -2.43. The van der Waals surface area contributed by atoms with E-state index in [1.165, 1.54) is 0 Å². The van der Waals surface area contributed by atoms with E-state index in [0.717, 1.165) is 19.4 Å². The van der Waals surface area contributed by atoms with E-state index in [0.29, 0.717) is 13.0 Å². The maximum atomic E-state index is 11.8. The maximum Gasteiger partial charge on any atom is 0.310 e. The standard InChI is InChI=1S/C12H20N2O4/c1-2-17-12-9(7-11(16)18-12)14-10(15)6-8-4-3-5-13-8/h8-9,12-13H,2-7H2,1H3,(H,14,15)/t8-,9-,12+/m0/s1. The van der Waals surface area contributed by atoms with Crippen molar-refractivity contribution in [1.29, 1.82) is 0 Å². The molecule has 0 aromatic heterocycles. The van der Waals surface area contributed by atoms with E-state index < -0.39 is 6.29 Å². The van der Waals surface area contributed by atoms with Crippen LogP contribution in [0.25, 0.3) is 0 Å². The summed E-state index contributed by atoms with van der Waals surface area (Å²) in [5.74, 6) is -0.375. The summed E-state index contributed by atoms with van der Waals surface area (Å²) < 4.78 is 10.3. The number of rotatable bonds is 5. The Morgan fingerprint density at radius 1 is 1.61 bits per heavy atom. The summed E-state index contributed by atoms with van der Waals surface area (Å²) in [4.78, 5) is 23.0. The number of esters is 1. The molecule has 6 nitrogen and oxygen atoms in total. The predicted octanol–water partition coefficient (Wildman–Crippen LogP) is -0.0772. The Bertz CT molecular complexity index is 315. The van der Waals surface area contributed by atoms with Gasteiger partial charge in [-0.05, 0) is 26.3 Å². The van der Waals surface area contributed by atoms with E-state index in [-0.39, 0.29) is 30.4 Å². The van der Waals surface area contributed by atoms with Gasteiger partial charge in [-0.3, -0.25) is 9.59 Å². The van der Waals surface area contributed by atoms with Gasteiger partial charge in [0.25, 0.3) is 0 Å². The zero-order valence-corrected chi connectivity index (χ0v) is 10.6. The van der Waals surface area contributed by atoms with Crippen molar-refractivity contribution in [3.63, 3.8) is 0 Å². The molecule has 2 saturated heterocycles. The van der Waals surface area contributed by atoms with Gasteiger partial charge in [0.15, 0.2) is 0 Å². The van der Waals surface area contributed by atoms with Gasteiger partial charge in [0, 0.05) is 19.1 Å². The molecule has 2 heterocycles. The molecule has 2 fully saturated rings. The summed E-state index contributed by atoms with van der Waals surface area (Å²) in [5, 5.41) is 6.09. The lowest BCUT2D eigenvalue weighted by atomic mass is 10.1. The van der Waals surface area contributed by atoms with Crippen molar-refractivity contribution in [2.24, 2.45) is 0 Å². The number of amides is 1. The molecule has 2 aliphatic rings. The quantitative estimate of drug-likeness (QED) is 0.673. The number of hydrogen-bond acceptors (Lipinski definition) is 5. The van der Waals surface area contributed by atoms with Gasteiger partial charge < -0.3 is 20.1 Å². The van der Waals surface area contributed by atoms with E-state index in [4.69, 9.17) is 9.47 Å². The molecular weight excluding hydrogens is 236 g/mol. The zero-order chi connectivity index (χ0) is 13.0. The van der Waals surface area contributed by atoms with Crippen molar-refractivity contribution in [3.05, 3.63) is 0 Å². The molecule has 2 N–H and O–H groups in total. The van der Waals surface area contributed by atoms with E-state index in [2.05, 4.69) is 10.6 Å². The second-order valence-electron chi connectivity index (χ2n) is 4.69. The molecule has 2 aliphatic heterocycles. The number of cyclic esters (lactones) is 1. The van der Waals surface area contributed by atoms with Crippen LogP contribution in [0, 0.1) is 0 Å². The molecule has 18 heavy (non-hydrogen) atoms. The Balaban J connectivity index is 1.79. The van der Waals surface area contributed by atoms with E-state index in [9.17, 15) is 9.59 Å². The highest BCUT2D eigenvalue weighted by atomic mass is 16.7. The van der Waals surface area contributed by atoms with Crippen molar-refractivity contribution in [3.8, 4) is 0 Å². The first kappa shape index (κ1) is 13.3. The lowest BCUT2D eigenvalue weighted by molar-refractivity contribution is -0.164. The number of nitrogens with one attached hydrogen (secondary N) is 2. The minimum absolute atomic E-state index is 0.0533. The minimum Gasteiger partial charge on any atom is -0.433 e. The molecule has 2 rings (SSSR count). The number of ether oxygens (including phenoxy) is 2. The smallest absolute Gasteiger partial charge is 0.310 e. The lowest BCUT2D eigenvalue weighted by Gasteiger charge is -2.19. The van der Waals surface area contributed by atoms with Gasteiger partial charge in [0.2, 0.25) is 12.2 Å². The van der Waals surface area contributed by atoms with E-state index in [1.807, 2.05) is 6.92 Å². The largest absolute Gasteiger partial charge is 0.433 e. The van der Waals surface area contributed by atoms with Crippen molar-refractivity contribution >= 4 is 11.9 Å². The molecule has 0 aliphatic carbocycles. The maximum absolute atomic E-state index is 11.8. The summed E-state index contributed by atoms with van der Waals surface area (Å²) in [6.45, 7) is 3.26. The second kappa shape index (κ2) is 6.15. The highest BCUT2D eigenvalue weighted by molar-refractivity contribution is 5.79. The average molecular weight is 256 g/mol. The Hall–Kier alpha value is -1.14. The highest BCUT2D eigenvalue weighted by Gasteiger charge is 2.36. The van der Waals surface area contributed by atoms with Gasteiger partial charge in [0.1, 0.15) is 6.04 Å². The number of carbonyl (C=O) groups excluding carboxylic acids is 2. The first-order valence-corrected chi connectivity index (χ1v) is 6.53. The minimum atomic E-state index is -0.636. The van der Waals surface area contributed by atoms with Crippen molar-refractivity contribution in [1.82, 2.24) is 10.6 Å².